The smallest absolute Gasteiger partial charge is 0.101 e. The molecular weight excluding hydrogens is 364 g/mol. The molecular formula is C28H56N2. The molecule has 0 bridgehead atoms. The van der Waals surface area contributed by atoms with Crippen molar-refractivity contribution in [2.24, 2.45) is 0 Å². The molecule has 0 amide bonds. The highest BCUT2D eigenvalue weighted by Gasteiger charge is 2.26. The van der Waals surface area contributed by atoms with E-state index in [4.69, 9.17) is 0 Å². The summed E-state index contributed by atoms with van der Waals surface area (Å²) in [5.41, 5.74) is 0. The molecule has 0 aromatic rings. The molecule has 0 saturated carbocycles. The average Bonchev–Trinajstić information content (AvgIpc) is 3.14. The van der Waals surface area contributed by atoms with E-state index in [-0.39, 0.29) is 0 Å². The minimum Gasteiger partial charge on any atom is -0.356 e. The molecule has 0 radical (unpaired) electrons. The van der Waals surface area contributed by atoms with Gasteiger partial charge >= 0.3 is 0 Å². The van der Waals surface area contributed by atoms with Gasteiger partial charge < -0.3 is 9.80 Å². The van der Waals surface area contributed by atoms with E-state index in [2.05, 4.69) is 49.9 Å². The number of unbranched alkanes of at least 4 members (excludes halogenated alkanes) is 16. The van der Waals surface area contributed by atoms with Crippen molar-refractivity contribution in [1.29, 1.82) is 0 Å². The highest BCUT2D eigenvalue weighted by Crippen LogP contribution is 2.25. The zero-order chi connectivity index (χ0) is 21.9. The van der Waals surface area contributed by atoms with Gasteiger partial charge in [0.15, 0.2) is 0 Å². The van der Waals surface area contributed by atoms with E-state index in [9.17, 15) is 0 Å². The predicted octanol–water partition coefficient (Wildman–Crippen LogP) is 9.26. The summed E-state index contributed by atoms with van der Waals surface area (Å²) in [5, 5.41) is 0. The monoisotopic (exact) mass is 420 g/mol. The Labute approximate surface area is 190 Å². The van der Waals surface area contributed by atoms with Gasteiger partial charge in [0.05, 0.1) is 0 Å². The lowest BCUT2D eigenvalue weighted by Crippen LogP contribution is -2.42. The zero-order valence-electron chi connectivity index (χ0n) is 21.3. The Balaban J connectivity index is 2.09. The minimum absolute atomic E-state index is 0.609. The molecule has 1 rings (SSSR count). The van der Waals surface area contributed by atoms with Crippen LogP contribution in [-0.2, 0) is 0 Å². The molecule has 1 atom stereocenters. The van der Waals surface area contributed by atoms with Crippen LogP contribution in [0.25, 0.3) is 0 Å². The predicted molar refractivity (Wildman–Crippen MR) is 136 cm³/mol. The molecule has 0 saturated heterocycles. The Hall–Kier alpha value is -0.660. The molecule has 0 aromatic carbocycles. The van der Waals surface area contributed by atoms with Gasteiger partial charge in [-0.25, -0.2) is 0 Å². The number of hydrogen-bond donors (Lipinski definition) is 0. The van der Waals surface area contributed by atoms with Gasteiger partial charge in [0.2, 0.25) is 0 Å². The quantitative estimate of drug-likeness (QED) is 0.171. The summed E-state index contributed by atoms with van der Waals surface area (Å²) in [6, 6.07) is 0.609. The SMILES string of the molecule is CCCCCCCCCCCCCCC1N(CCCCCCCC)C=CN1C(C)C. The molecule has 178 valence electrons. The van der Waals surface area contributed by atoms with Gasteiger partial charge in [-0.15, -0.1) is 0 Å². The largest absolute Gasteiger partial charge is 0.356 e. The Morgan fingerprint density at radius 3 is 1.47 bits per heavy atom. The van der Waals surface area contributed by atoms with E-state index in [1.807, 2.05) is 0 Å². The first-order valence-corrected chi connectivity index (χ1v) is 13.9. The van der Waals surface area contributed by atoms with Crippen LogP contribution in [0.2, 0.25) is 0 Å². The Morgan fingerprint density at radius 2 is 1.00 bits per heavy atom. The summed E-state index contributed by atoms with van der Waals surface area (Å²) in [6.07, 6.45) is 32.3. The molecule has 1 aliphatic rings. The van der Waals surface area contributed by atoms with Crippen LogP contribution in [0, 0.1) is 0 Å². The average molecular weight is 421 g/mol. The second kappa shape index (κ2) is 19.1. The third-order valence-electron chi connectivity index (χ3n) is 6.84. The van der Waals surface area contributed by atoms with Crippen LogP contribution < -0.4 is 0 Å². The molecule has 1 heterocycles. The molecule has 0 aliphatic carbocycles. The van der Waals surface area contributed by atoms with Crippen molar-refractivity contribution >= 4 is 0 Å². The third kappa shape index (κ3) is 12.9. The van der Waals surface area contributed by atoms with Crippen LogP contribution in [-0.4, -0.2) is 28.6 Å². The number of rotatable bonds is 21. The highest BCUT2D eigenvalue weighted by molar-refractivity contribution is 4.98. The van der Waals surface area contributed by atoms with E-state index < -0.39 is 0 Å². The second-order valence-corrected chi connectivity index (χ2v) is 10.0. The summed E-state index contributed by atoms with van der Waals surface area (Å²) < 4.78 is 0. The molecule has 30 heavy (non-hydrogen) atoms. The van der Waals surface area contributed by atoms with Gasteiger partial charge in [-0.2, -0.15) is 0 Å². The van der Waals surface area contributed by atoms with Crippen LogP contribution in [0.4, 0.5) is 0 Å². The van der Waals surface area contributed by atoms with Crippen molar-refractivity contribution < 1.29 is 0 Å². The summed E-state index contributed by atoms with van der Waals surface area (Å²) >= 11 is 0. The van der Waals surface area contributed by atoms with Crippen molar-refractivity contribution in [3.63, 3.8) is 0 Å². The van der Waals surface area contributed by atoms with Gasteiger partial charge in [-0.1, -0.05) is 117 Å². The lowest BCUT2D eigenvalue weighted by atomic mass is 10.0. The molecule has 2 heteroatoms. The molecule has 1 aliphatic heterocycles. The van der Waals surface area contributed by atoms with E-state index in [0.29, 0.717) is 12.2 Å². The summed E-state index contributed by atoms with van der Waals surface area (Å²) in [6.45, 7) is 10.5. The lowest BCUT2D eigenvalue weighted by molar-refractivity contribution is 0.114. The fourth-order valence-corrected chi connectivity index (χ4v) is 4.83. The van der Waals surface area contributed by atoms with Gasteiger partial charge in [-0.05, 0) is 33.1 Å². The van der Waals surface area contributed by atoms with Crippen LogP contribution in [0.5, 0.6) is 0 Å². The second-order valence-electron chi connectivity index (χ2n) is 10.0. The van der Waals surface area contributed by atoms with Crippen molar-refractivity contribution in [3.05, 3.63) is 12.4 Å². The van der Waals surface area contributed by atoms with Crippen LogP contribution in [0.1, 0.15) is 150 Å². The molecule has 2 nitrogen and oxygen atoms in total. The van der Waals surface area contributed by atoms with Crippen molar-refractivity contribution in [3.8, 4) is 0 Å². The summed E-state index contributed by atoms with van der Waals surface area (Å²) in [7, 11) is 0. The summed E-state index contributed by atoms with van der Waals surface area (Å²) in [4.78, 5) is 5.23. The third-order valence-corrected chi connectivity index (χ3v) is 6.84. The normalized spacial score (nSPS) is 16.4. The fourth-order valence-electron chi connectivity index (χ4n) is 4.83. The first kappa shape index (κ1) is 27.4. The zero-order valence-corrected chi connectivity index (χ0v) is 21.3. The minimum atomic E-state index is 0.609. The Bertz CT molecular complexity index is 390. The first-order valence-electron chi connectivity index (χ1n) is 13.9. The van der Waals surface area contributed by atoms with Gasteiger partial charge in [-0.3, -0.25) is 0 Å². The molecule has 1 unspecified atom stereocenters. The maximum Gasteiger partial charge on any atom is 0.101 e. The molecule has 0 fully saturated rings. The van der Waals surface area contributed by atoms with Crippen molar-refractivity contribution in [1.82, 2.24) is 9.80 Å². The van der Waals surface area contributed by atoms with E-state index in [0.717, 1.165) is 0 Å². The van der Waals surface area contributed by atoms with Gasteiger partial charge in [0.1, 0.15) is 6.17 Å². The first-order chi connectivity index (χ1) is 14.7. The maximum atomic E-state index is 2.64. The highest BCUT2D eigenvalue weighted by atomic mass is 15.4. The molecule has 0 aromatic heterocycles. The fraction of sp³-hybridized carbons (Fsp3) is 0.929. The standard InChI is InChI=1S/C28H56N2/c1-5-7-9-11-13-14-15-16-17-18-19-21-23-28-29(25-26-30(28)27(3)4)24-22-20-12-10-8-6-2/h25-28H,5-24H2,1-4H3. The molecule has 0 N–H and O–H groups in total. The lowest BCUT2D eigenvalue weighted by Gasteiger charge is -2.35. The molecule has 0 spiro atoms. The topological polar surface area (TPSA) is 6.48 Å². The van der Waals surface area contributed by atoms with Gasteiger partial charge in [0.25, 0.3) is 0 Å². The Morgan fingerprint density at radius 1 is 0.567 bits per heavy atom. The van der Waals surface area contributed by atoms with Crippen LogP contribution >= 0.6 is 0 Å². The van der Waals surface area contributed by atoms with Crippen LogP contribution in [0.3, 0.4) is 0 Å². The van der Waals surface area contributed by atoms with Crippen molar-refractivity contribution in [2.75, 3.05) is 6.54 Å². The maximum absolute atomic E-state index is 2.64. The number of hydrogen-bond acceptors (Lipinski definition) is 2. The van der Waals surface area contributed by atoms with E-state index in [1.54, 1.807) is 0 Å². The van der Waals surface area contributed by atoms with Crippen LogP contribution in [0.15, 0.2) is 12.4 Å². The van der Waals surface area contributed by atoms with Gasteiger partial charge in [0, 0.05) is 25.0 Å². The summed E-state index contributed by atoms with van der Waals surface area (Å²) in [5.74, 6) is 0. The van der Waals surface area contributed by atoms with Crippen molar-refractivity contribution in [2.45, 2.75) is 162 Å². The van der Waals surface area contributed by atoms with E-state index in [1.165, 1.54) is 129 Å². The Kier molecular flexibility index (Phi) is 17.4. The number of nitrogens with zero attached hydrogens (tertiary/aromatic N) is 2. The van der Waals surface area contributed by atoms with E-state index >= 15 is 0 Å².